The molecule has 0 fully saturated rings. The minimum Gasteiger partial charge on any atom is -0.355 e. The number of hydrogen-bond acceptors (Lipinski definition) is 2. The number of unbranched alkanes of at least 4 members (excludes halogenated alkanes) is 3. The van der Waals surface area contributed by atoms with Gasteiger partial charge in [0.1, 0.15) is 5.82 Å². The summed E-state index contributed by atoms with van der Waals surface area (Å²) in [5, 5.41) is 5.25. The Morgan fingerprint density at radius 1 is 1.09 bits per heavy atom. The van der Waals surface area contributed by atoms with Crippen molar-refractivity contribution in [1.29, 1.82) is 0 Å². The fraction of sp³-hybridized carbons (Fsp3) is 0.556. The van der Waals surface area contributed by atoms with Gasteiger partial charge in [-0.2, -0.15) is 0 Å². The average molecular weight is 322 g/mol. The number of benzene rings is 1. The van der Waals surface area contributed by atoms with Crippen molar-refractivity contribution >= 4 is 11.8 Å². The lowest BCUT2D eigenvalue weighted by atomic mass is 10.0. The van der Waals surface area contributed by atoms with E-state index < -0.39 is 11.7 Å². The van der Waals surface area contributed by atoms with Gasteiger partial charge in [-0.3, -0.25) is 9.59 Å². The topological polar surface area (TPSA) is 58.2 Å². The predicted molar refractivity (Wildman–Crippen MR) is 89.7 cm³/mol. The maximum absolute atomic E-state index is 13.0. The maximum atomic E-state index is 13.0. The minimum absolute atomic E-state index is 0.0945. The molecule has 1 aromatic rings. The first-order valence-corrected chi connectivity index (χ1v) is 8.29. The Hall–Kier alpha value is -1.91. The first-order chi connectivity index (χ1) is 11.0. The lowest BCUT2D eigenvalue weighted by Crippen LogP contribution is -2.37. The molecule has 4 nitrogen and oxygen atoms in total. The van der Waals surface area contributed by atoms with Gasteiger partial charge in [0.2, 0.25) is 5.91 Å². The standard InChI is InChI=1S/C18H27FN2O2/c1-14(2)8-5-3-4-6-11-20-17(22)13-21-18(23)15-9-7-10-16(19)12-15/h7,9-10,12,14H,3-6,8,11,13H2,1-2H3,(H,20,22)(H,21,23). The summed E-state index contributed by atoms with van der Waals surface area (Å²) in [4.78, 5) is 23.4. The van der Waals surface area contributed by atoms with Crippen molar-refractivity contribution in [2.24, 2.45) is 5.92 Å². The molecule has 0 atom stereocenters. The third-order valence-electron chi connectivity index (χ3n) is 3.53. The molecule has 0 radical (unpaired) electrons. The smallest absolute Gasteiger partial charge is 0.251 e. The summed E-state index contributed by atoms with van der Waals surface area (Å²) in [7, 11) is 0. The van der Waals surface area contributed by atoms with Crippen LogP contribution < -0.4 is 10.6 Å². The van der Waals surface area contributed by atoms with Crippen molar-refractivity contribution in [3.63, 3.8) is 0 Å². The molecule has 0 spiro atoms. The Bertz CT molecular complexity index is 504. The van der Waals surface area contributed by atoms with Gasteiger partial charge in [-0.1, -0.05) is 45.6 Å². The summed E-state index contributed by atoms with van der Waals surface area (Å²) in [6.45, 7) is 4.97. The lowest BCUT2D eigenvalue weighted by Gasteiger charge is -2.07. The number of halogens is 1. The molecule has 0 aliphatic carbocycles. The van der Waals surface area contributed by atoms with Crippen molar-refractivity contribution < 1.29 is 14.0 Å². The van der Waals surface area contributed by atoms with Crippen LogP contribution in [0.4, 0.5) is 4.39 Å². The van der Waals surface area contributed by atoms with Crippen LogP contribution >= 0.6 is 0 Å². The zero-order valence-corrected chi connectivity index (χ0v) is 14.0. The van der Waals surface area contributed by atoms with Crippen LogP contribution in [0.3, 0.4) is 0 Å². The molecule has 0 bridgehead atoms. The Morgan fingerprint density at radius 3 is 2.52 bits per heavy atom. The molecule has 0 heterocycles. The molecule has 0 aromatic heterocycles. The normalized spacial score (nSPS) is 10.6. The molecule has 0 unspecified atom stereocenters. The minimum atomic E-state index is -0.473. The average Bonchev–Trinajstić information content (AvgIpc) is 2.51. The van der Waals surface area contributed by atoms with Crippen LogP contribution in [0.25, 0.3) is 0 Å². The first-order valence-electron chi connectivity index (χ1n) is 8.29. The molecule has 128 valence electrons. The molecule has 0 aliphatic rings. The number of amides is 2. The van der Waals surface area contributed by atoms with Crippen LogP contribution in [0.2, 0.25) is 0 Å². The van der Waals surface area contributed by atoms with E-state index in [-0.39, 0.29) is 18.0 Å². The van der Waals surface area contributed by atoms with Crippen molar-refractivity contribution in [3.8, 4) is 0 Å². The second kappa shape index (κ2) is 10.8. The van der Waals surface area contributed by atoms with Crippen LogP contribution in [-0.4, -0.2) is 24.9 Å². The van der Waals surface area contributed by atoms with Gasteiger partial charge in [-0.05, 0) is 30.5 Å². The van der Waals surface area contributed by atoms with E-state index in [4.69, 9.17) is 0 Å². The monoisotopic (exact) mass is 322 g/mol. The van der Waals surface area contributed by atoms with E-state index in [1.807, 2.05) is 0 Å². The Labute approximate surface area is 137 Å². The van der Waals surface area contributed by atoms with Gasteiger partial charge in [0.15, 0.2) is 0 Å². The summed E-state index contributed by atoms with van der Waals surface area (Å²) in [5.41, 5.74) is 0.211. The number of rotatable bonds is 10. The van der Waals surface area contributed by atoms with E-state index in [9.17, 15) is 14.0 Å². The predicted octanol–water partition coefficient (Wildman–Crippen LogP) is 3.28. The number of hydrogen-bond donors (Lipinski definition) is 2. The summed E-state index contributed by atoms with van der Waals surface area (Å²) in [6.07, 6.45) is 5.71. The summed E-state index contributed by atoms with van der Waals surface area (Å²) < 4.78 is 13.0. The zero-order chi connectivity index (χ0) is 17.1. The van der Waals surface area contributed by atoms with E-state index in [1.165, 1.54) is 37.5 Å². The van der Waals surface area contributed by atoms with Gasteiger partial charge in [0.25, 0.3) is 5.91 Å². The Morgan fingerprint density at radius 2 is 1.83 bits per heavy atom. The summed E-state index contributed by atoms with van der Waals surface area (Å²) in [6, 6.07) is 5.38. The van der Waals surface area contributed by atoms with E-state index in [2.05, 4.69) is 24.5 Å². The summed E-state index contributed by atoms with van der Waals surface area (Å²) >= 11 is 0. The van der Waals surface area contributed by atoms with Gasteiger partial charge >= 0.3 is 0 Å². The van der Waals surface area contributed by atoms with Crippen molar-refractivity contribution in [3.05, 3.63) is 35.6 Å². The number of carbonyl (C=O) groups excluding carboxylic acids is 2. The highest BCUT2D eigenvalue weighted by Crippen LogP contribution is 2.08. The third kappa shape index (κ3) is 8.96. The fourth-order valence-corrected chi connectivity index (χ4v) is 2.21. The largest absolute Gasteiger partial charge is 0.355 e. The van der Waals surface area contributed by atoms with E-state index >= 15 is 0 Å². The second-order valence-corrected chi connectivity index (χ2v) is 6.14. The Kier molecular flexibility index (Phi) is 8.95. The van der Waals surface area contributed by atoms with Crippen molar-refractivity contribution in [2.45, 2.75) is 46.0 Å². The first kappa shape index (κ1) is 19.1. The third-order valence-corrected chi connectivity index (χ3v) is 3.53. The SMILES string of the molecule is CC(C)CCCCCCNC(=O)CNC(=O)c1cccc(F)c1. The van der Waals surface area contributed by atoms with Crippen LogP contribution in [0.1, 0.15) is 56.3 Å². The molecule has 1 aromatic carbocycles. The van der Waals surface area contributed by atoms with Crippen LogP contribution in [0.5, 0.6) is 0 Å². The second-order valence-electron chi connectivity index (χ2n) is 6.14. The molecule has 0 aliphatic heterocycles. The molecule has 0 saturated heterocycles. The molecule has 5 heteroatoms. The Balaban J connectivity index is 2.09. The fourth-order valence-electron chi connectivity index (χ4n) is 2.21. The van der Waals surface area contributed by atoms with Crippen molar-refractivity contribution in [2.75, 3.05) is 13.1 Å². The van der Waals surface area contributed by atoms with Gasteiger partial charge in [-0.15, -0.1) is 0 Å². The van der Waals surface area contributed by atoms with E-state index in [0.717, 1.165) is 24.8 Å². The molecular weight excluding hydrogens is 295 g/mol. The molecule has 0 saturated carbocycles. The number of carbonyl (C=O) groups is 2. The highest BCUT2D eigenvalue weighted by atomic mass is 19.1. The number of nitrogens with one attached hydrogen (secondary N) is 2. The van der Waals surface area contributed by atoms with E-state index in [0.29, 0.717) is 6.54 Å². The molecular formula is C18H27FN2O2. The lowest BCUT2D eigenvalue weighted by molar-refractivity contribution is -0.120. The van der Waals surface area contributed by atoms with Gasteiger partial charge in [0.05, 0.1) is 6.54 Å². The highest BCUT2D eigenvalue weighted by Gasteiger charge is 2.08. The van der Waals surface area contributed by atoms with Gasteiger partial charge in [0, 0.05) is 12.1 Å². The van der Waals surface area contributed by atoms with Crippen LogP contribution in [0.15, 0.2) is 24.3 Å². The van der Waals surface area contributed by atoms with Crippen LogP contribution in [0, 0.1) is 11.7 Å². The van der Waals surface area contributed by atoms with Gasteiger partial charge in [-0.25, -0.2) is 4.39 Å². The molecule has 2 amide bonds. The summed E-state index contributed by atoms with van der Waals surface area (Å²) in [5.74, 6) is -0.402. The molecule has 23 heavy (non-hydrogen) atoms. The zero-order valence-electron chi connectivity index (χ0n) is 14.0. The maximum Gasteiger partial charge on any atom is 0.251 e. The quantitative estimate of drug-likeness (QED) is 0.650. The van der Waals surface area contributed by atoms with Gasteiger partial charge < -0.3 is 10.6 Å². The molecule has 1 rings (SSSR count). The van der Waals surface area contributed by atoms with E-state index in [1.54, 1.807) is 0 Å². The van der Waals surface area contributed by atoms with Crippen LogP contribution in [-0.2, 0) is 4.79 Å². The molecule has 2 N–H and O–H groups in total. The van der Waals surface area contributed by atoms with Crippen molar-refractivity contribution in [1.82, 2.24) is 10.6 Å². The highest BCUT2D eigenvalue weighted by molar-refractivity contribution is 5.96.